The minimum Gasteiger partial charge on any atom is -0.496 e. The van der Waals surface area contributed by atoms with Crippen LogP contribution in [-0.4, -0.2) is 35.2 Å². The van der Waals surface area contributed by atoms with Crippen LogP contribution >= 0.6 is 11.6 Å². The van der Waals surface area contributed by atoms with Gasteiger partial charge < -0.3 is 9.84 Å². The molecule has 1 saturated heterocycles. The third-order valence-electron chi connectivity index (χ3n) is 4.10. The average Bonchev–Trinajstić information content (AvgIpc) is 2.41. The maximum Gasteiger partial charge on any atom is 0.323 e. The number of nitrogens with zero attached hydrogens (tertiary/aromatic N) is 1. The lowest BCUT2D eigenvalue weighted by Crippen LogP contribution is -2.54. The second-order valence-electron chi connectivity index (χ2n) is 5.41. The summed E-state index contributed by atoms with van der Waals surface area (Å²) < 4.78 is 5.34. The van der Waals surface area contributed by atoms with Crippen LogP contribution in [-0.2, 0) is 11.3 Å². The second kappa shape index (κ2) is 6.02. The molecule has 1 fully saturated rings. The highest BCUT2D eigenvalue weighted by atomic mass is 35.5. The first kappa shape index (κ1) is 15.1. The number of ether oxygens (including phenoxy) is 1. The molecule has 0 amide bonds. The summed E-state index contributed by atoms with van der Waals surface area (Å²) in [5.41, 5.74) is 0.111. The van der Waals surface area contributed by atoms with Gasteiger partial charge in [-0.15, -0.1) is 0 Å². The van der Waals surface area contributed by atoms with Crippen molar-refractivity contribution in [3.05, 3.63) is 28.8 Å². The van der Waals surface area contributed by atoms with Gasteiger partial charge in [-0.05, 0) is 50.9 Å². The van der Waals surface area contributed by atoms with Crippen LogP contribution < -0.4 is 4.74 Å². The van der Waals surface area contributed by atoms with E-state index in [1.165, 1.54) is 0 Å². The molecule has 1 aliphatic rings. The molecule has 1 aromatic carbocycles. The molecule has 20 heavy (non-hydrogen) atoms. The molecule has 0 aromatic heterocycles. The van der Waals surface area contributed by atoms with Crippen molar-refractivity contribution in [3.8, 4) is 5.75 Å². The molecule has 1 N–H and O–H groups in total. The van der Waals surface area contributed by atoms with Gasteiger partial charge in [-0.2, -0.15) is 0 Å². The number of carboxylic acid groups (broad SMARTS) is 1. The van der Waals surface area contributed by atoms with Crippen LogP contribution in [0.2, 0.25) is 5.02 Å². The number of rotatable bonds is 4. The van der Waals surface area contributed by atoms with Gasteiger partial charge in [0.15, 0.2) is 0 Å². The second-order valence-corrected chi connectivity index (χ2v) is 5.85. The lowest BCUT2D eigenvalue weighted by atomic mass is 9.88. The summed E-state index contributed by atoms with van der Waals surface area (Å²) in [5, 5.41) is 10.2. The third kappa shape index (κ3) is 2.91. The molecule has 0 spiro atoms. The van der Waals surface area contributed by atoms with Crippen LogP contribution in [0.15, 0.2) is 18.2 Å². The van der Waals surface area contributed by atoms with E-state index < -0.39 is 11.5 Å². The summed E-state index contributed by atoms with van der Waals surface area (Å²) in [6.45, 7) is 3.11. The van der Waals surface area contributed by atoms with Gasteiger partial charge in [-0.25, -0.2) is 0 Å². The number of benzene rings is 1. The van der Waals surface area contributed by atoms with Crippen molar-refractivity contribution in [2.45, 2.75) is 38.3 Å². The lowest BCUT2D eigenvalue weighted by molar-refractivity contribution is -0.153. The van der Waals surface area contributed by atoms with Crippen LogP contribution in [0.25, 0.3) is 0 Å². The first-order valence-corrected chi connectivity index (χ1v) is 7.16. The number of piperidine rings is 1. The highest BCUT2D eigenvalue weighted by Crippen LogP contribution is 2.32. The highest BCUT2D eigenvalue weighted by molar-refractivity contribution is 6.30. The smallest absolute Gasteiger partial charge is 0.323 e. The molecule has 110 valence electrons. The van der Waals surface area contributed by atoms with E-state index >= 15 is 0 Å². The largest absolute Gasteiger partial charge is 0.496 e. The van der Waals surface area contributed by atoms with Gasteiger partial charge in [-0.3, -0.25) is 9.69 Å². The van der Waals surface area contributed by atoms with Crippen LogP contribution in [0.3, 0.4) is 0 Å². The number of halogens is 1. The zero-order valence-corrected chi connectivity index (χ0v) is 12.6. The summed E-state index contributed by atoms with van der Waals surface area (Å²) in [5.74, 6) is -0.0223. The zero-order valence-electron chi connectivity index (χ0n) is 11.9. The Balaban J connectivity index is 2.27. The number of aliphatic carboxylic acids is 1. The fourth-order valence-electron chi connectivity index (χ4n) is 2.75. The van der Waals surface area contributed by atoms with Gasteiger partial charge >= 0.3 is 5.97 Å². The molecule has 4 nitrogen and oxygen atoms in total. The van der Waals surface area contributed by atoms with E-state index in [0.717, 1.165) is 30.7 Å². The molecule has 1 aromatic rings. The quantitative estimate of drug-likeness (QED) is 0.927. The van der Waals surface area contributed by atoms with Gasteiger partial charge in [-0.1, -0.05) is 11.6 Å². The van der Waals surface area contributed by atoms with E-state index in [2.05, 4.69) is 0 Å². The molecule has 0 saturated carbocycles. The number of carbonyl (C=O) groups is 1. The summed E-state index contributed by atoms with van der Waals surface area (Å²) in [4.78, 5) is 13.6. The summed E-state index contributed by atoms with van der Waals surface area (Å²) in [7, 11) is 1.61. The van der Waals surface area contributed by atoms with Crippen molar-refractivity contribution >= 4 is 17.6 Å². The Labute approximate surface area is 124 Å². The summed E-state index contributed by atoms with van der Waals surface area (Å²) in [6, 6.07) is 5.44. The molecule has 5 heteroatoms. The minimum absolute atomic E-state index is 0.534. The van der Waals surface area contributed by atoms with E-state index in [9.17, 15) is 9.90 Å². The SMILES string of the molecule is COc1ccc(Cl)cc1CN1CCCCC1(C)C(=O)O. The predicted octanol–water partition coefficient (Wildman–Crippen LogP) is 3.18. The summed E-state index contributed by atoms with van der Waals surface area (Å²) >= 11 is 6.03. The fraction of sp³-hybridized carbons (Fsp3) is 0.533. The van der Waals surface area contributed by atoms with Crippen molar-refractivity contribution in [3.63, 3.8) is 0 Å². The van der Waals surface area contributed by atoms with E-state index in [-0.39, 0.29) is 0 Å². The van der Waals surface area contributed by atoms with E-state index in [1.807, 2.05) is 17.0 Å². The summed E-state index contributed by atoms with van der Waals surface area (Å²) in [6.07, 6.45) is 2.64. The van der Waals surface area contributed by atoms with Crippen molar-refractivity contribution in [1.82, 2.24) is 4.90 Å². The molecular weight excluding hydrogens is 278 g/mol. The molecule has 1 heterocycles. The Kier molecular flexibility index (Phi) is 4.55. The highest BCUT2D eigenvalue weighted by Gasteiger charge is 2.41. The molecule has 2 rings (SSSR count). The Morgan fingerprint density at radius 3 is 2.90 bits per heavy atom. The molecule has 1 atom stereocenters. The van der Waals surface area contributed by atoms with Gasteiger partial charge in [0.2, 0.25) is 0 Å². The topological polar surface area (TPSA) is 49.8 Å². The minimum atomic E-state index is -0.814. The van der Waals surface area contributed by atoms with E-state index in [4.69, 9.17) is 16.3 Å². The molecule has 1 aliphatic heterocycles. The first-order chi connectivity index (χ1) is 9.47. The van der Waals surface area contributed by atoms with Crippen LogP contribution in [0.5, 0.6) is 5.75 Å². The number of methoxy groups -OCH3 is 1. The number of hydrogen-bond acceptors (Lipinski definition) is 3. The Bertz CT molecular complexity index is 506. The van der Waals surface area contributed by atoms with Gasteiger partial charge in [0, 0.05) is 17.1 Å². The normalized spacial score (nSPS) is 23.6. The van der Waals surface area contributed by atoms with Gasteiger partial charge in [0.25, 0.3) is 0 Å². The molecule has 0 radical (unpaired) electrons. The number of likely N-dealkylation sites (tertiary alicyclic amines) is 1. The molecule has 0 bridgehead atoms. The zero-order chi connectivity index (χ0) is 14.8. The maximum absolute atomic E-state index is 11.6. The maximum atomic E-state index is 11.6. The van der Waals surface area contributed by atoms with Crippen molar-refractivity contribution in [1.29, 1.82) is 0 Å². The predicted molar refractivity (Wildman–Crippen MR) is 78.3 cm³/mol. The van der Waals surface area contributed by atoms with Gasteiger partial charge in [0.05, 0.1) is 7.11 Å². The lowest BCUT2D eigenvalue weighted by Gasteiger charge is -2.41. The van der Waals surface area contributed by atoms with Crippen molar-refractivity contribution < 1.29 is 14.6 Å². The Morgan fingerprint density at radius 2 is 2.25 bits per heavy atom. The monoisotopic (exact) mass is 297 g/mol. The van der Waals surface area contributed by atoms with Crippen molar-refractivity contribution in [2.75, 3.05) is 13.7 Å². The fourth-order valence-corrected chi connectivity index (χ4v) is 2.94. The molecule has 0 aliphatic carbocycles. The Hall–Kier alpha value is -1.26. The van der Waals surface area contributed by atoms with Crippen LogP contribution in [0.4, 0.5) is 0 Å². The van der Waals surface area contributed by atoms with Crippen LogP contribution in [0, 0.1) is 0 Å². The number of carboxylic acids is 1. The Morgan fingerprint density at radius 1 is 1.50 bits per heavy atom. The first-order valence-electron chi connectivity index (χ1n) is 6.78. The average molecular weight is 298 g/mol. The van der Waals surface area contributed by atoms with E-state index in [1.54, 1.807) is 20.1 Å². The molecular formula is C15H20ClNO3. The van der Waals surface area contributed by atoms with Crippen LogP contribution in [0.1, 0.15) is 31.7 Å². The molecule has 1 unspecified atom stereocenters. The number of hydrogen-bond donors (Lipinski definition) is 1. The standard InChI is InChI=1S/C15H20ClNO3/c1-15(14(18)19)7-3-4-8-17(15)10-11-9-12(16)5-6-13(11)20-2/h5-6,9H,3-4,7-8,10H2,1-2H3,(H,18,19). The van der Waals surface area contributed by atoms with Crippen molar-refractivity contribution in [2.24, 2.45) is 0 Å². The van der Waals surface area contributed by atoms with Gasteiger partial charge in [0.1, 0.15) is 11.3 Å². The third-order valence-corrected chi connectivity index (χ3v) is 4.34. The van der Waals surface area contributed by atoms with E-state index in [0.29, 0.717) is 18.0 Å².